The van der Waals surface area contributed by atoms with Crippen molar-refractivity contribution in [3.63, 3.8) is 0 Å². The summed E-state index contributed by atoms with van der Waals surface area (Å²) >= 11 is 5.87. The van der Waals surface area contributed by atoms with Crippen molar-refractivity contribution >= 4 is 22.6 Å². The van der Waals surface area contributed by atoms with E-state index in [0.717, 1.165) is 24.3 Å². The summed E-state index contributed by atoms with van der Waals surface area (Å²) in [4.78, 5) is 8.22. The minimum atomic E-state index is -4.43. The summed E-state index contributed by atoms with van der Waals surface area (Å²) in [5.74, 6) is 0.179. The van der Waals surface area contributed by atoms with Crippen molar-refractivity contribution < 1.29 is 22.6 Å². The van der Waals surface area contributed by atoms with Gasteiger partial charge in [0.2, 0.25) is 0 Å². The van der Waals surface area contributed by atoms with Crippen LogP contribution in [0.3, 0.4) is 0 Å². The molecule has 1 unspecified atom stereocenters. The van der Waals surface area contributed by atoms with Gasteiger partial charge in [-0.3, -0.25) is 0 Å². The topological polar surface area (TPSA) is 49.2 Å². The highest BCUT2D eigenvalue weighted by molar-refractivity contribution is 6.29. The monoisotopic (exact) mass is 377 g/mol. The Hall–Kier alpha value is -1.38. The second-order valence-electron chi connectivity index (χ2n) is 6.13. The Labute approximate surface area is 148 Å². The third-order valence-corrected chi connectivity index (χ3v) is 4.49. The van der Waals surface area contributed by atoms with Crippen LogP contribution in [0.5, 0.6) is 0 Å². The average Bonchev–Trinajstić information content (AvgIpc) is 2.92. The van der Waals surface area contributed by atoms with Crippen LogP contribution in [0.4, 0.5) is 13.2 Å². The Kier molecular flexibility index (Phi) is 5.22. The molecule has 1 fully saturated rings. The first kappa shape index (κ1) is 18.4. The van der Waals surface area contributed by atoms with Crippen LogP contribution in [0.2, 0.25) is 5.15 Å². The maximum Gasteiger partial charge on any atom is 0.408 e. The van der Waals surface area contributed by atoms with E-state index in [-0.39, 0.29) is 16.5 Å². The van der Waals surface area contributed by atoms with E-state index >= 15 is 0 Å². The van der Waals surface area contributed by atoms with E-state index in [1.807, 2.05) is 0 Å². The predicted octanol–water partition coefficient (Wildman–Crippen LogP) is 4.81. The van der Waals surface area contributed by atoms with Crippen molar-refractivity contribution in [3.8, 4) is 0 Å². The second kappa shape index (κ2) is 7.09. The average molecular weight is 378 g/mol. The van der Waals surface area contributed by atoms with E-state index < -0.39 is 24.6 Å². The first-order valence-electron chi connectivity index (χ1n) is 8.14. The summed E-state index contributed by atoms with van der Waals surface area (Å²) in [6.07, 6.45) is -1.52. The molecular weight excluding hydrogens is 359 g/mol. The molecule has 1 saturated heterocycles. The molecule has 9 heteroatoms. The minimum absolute atomic E-state index is 0.110. The molecule has 3 heterocycles. The molecule has 2 aromatic heterocycles. The first-order valence-corrected chi connectivity index (χ1v) is 8.52. The van der Waals surface area contributed by atoms with Crippen molar-refractivity contribution in [2.45, 2.75) is 57.7 Å². The molecule has 5 nitrogen and oxygen atoms in total. The van der Waals surface area contributed by atoms with Crippen molar-refractivity contribution in [3.05, 3.63) is 23.2 Å². The zero-order valence-electron chi connectivity index (χ0n) is 13.9. The number of pyridine rings is 1. The van der Waals surface area contributed by atoms with Crippen LogP contribution in [0, 0.1) is 0 Å². The maximum absolute atomic E-state index is 13.4. The summed E-state index contributed by atoms with van der Waals surface area (Å²) in [6, 6.07) is -0.385. The van der Waals surface area contributed by atoms with Gasteiger partial charge < -0.3 is 14.0 Å². The maximum atomic E-state index is 13.4. The number of nitrogens with zero attached hydrogens (tertiary/aromatic N) is 3. The normalized spacial score (nSPS) is 21.4. The Morgan fingerprint density at radius 1 is 1.36 bits per heavy atom. The fourth-order valence-corrected chi connectivity index (χ4v) is 3.09. The van der Waals surface area contributed by atoms with Crippen LogP contribution in [0.25, 0.3) is 11.0 Å². The van der Waals surface area contributed by atoms with Crippen LogP contribution >= 0.6 is 11.6 Å². The molecule has 138 valence electrons. The molecule has 0 saturated carbocycles. The highest BCUT2D eigenvalue weighted by Gasteiger charge is 2.40. The Balaban J connectivity index is 2.00. The fraction of sp³-hybridized carbons (Fsp3) is 0.625. The van der Waals surface area contributed by atoms with E-state index in [2.05, 4.69) is 9.97 Å². The van der Waals surface area contributed by atoms with Crippen LogP contribution in [0.1, 0.15) is 51.1 Å². The predicted molar refractivity (Wildman–Crippen MR) is 86.4 cm³/mol. The van der Waals surface area contributed by atoms with Gasteiger partial charge in [-0.2, -0.15) is 13.2 Å². The molecule has 3 rings (SSSR count). The molecule has 0 spiro atoms. The van der Waals surface area contributed by atoms with Gasteiger partial charge >= 0.3 is 6.18 Å². The van der Waals surface area contributed by atoms with Gasteiger partial charge in [0.05, 0.1) is 11.7 Å². The molecule has 0 bridgehead atoms. The lowest BCUT2D eigenvalue weighted by molar-refractivity contribution is -0.190. The standard InChI is InChI=1S/C16H19ClF3N3O2/c1-9(25-14-5-3-4-6-24-14)15-22-11-8-21-13(17)7-12(11)23(15)10(2)16(18,19)20/h7-10,14H,3-6H2,1-2H3/t9?,10-,14+/m0/s1. The highest BCUT2D eigenvalue weighted by atomic mass is 35.5. The molecule has 1 aliphatic heterocycles. The van der Waals surface area contributed by atoms with Crippen LogP contribution in [-0.4, -0.2) is 33.6 Å². The lowest BCUT2D eigenvalue weighted by atomic mass is 10.2. The molecular formula is C16H19ClF3N3O2. The Morgan fingerprint density at radius 3 is 2.76 bits per heavy atom. The summed E-state index contributed by atoms with van der Waals surface area (Å²) in [5, 5.41) is 0.110. The molecule has 0 aliphatic carbocycles. The number of hydrogen-bond donors (Lipinski definition) is 0. The molecule has 2 aromatic rings. The van der Waals surface area contributed by atoms with Crippen molar-refractivity contribution in [2.24, 2.45) is 0 Å². The lowest BCUT2D eigenvalue weighted by Gasteiger charge is -2.27. The number of hydrogen-bond acceptors (Lipinski definition) is 4. The van der Waals surface area contributed by atoms with Crippen LogP contribution in [-0.2, 0) is 9.47 Å². The van der Waals surface area contributed by atoms with Crippen molar-refractivity contribution in [1.29, 1.82) is 0 Å². The highest BCUT2D eigenvalue weighted by Crippen LogP contribution is 2.36. The van der Waals surface area contributed by atoms with Gasteiger partial charge in [-0.15, -0.1) is 0 Å². The summed E-state index contributed by atoms with van der Waals surface area (Å²) in [7, 11) is 0. The molecule has 3 atom stereocenters. The van der Waals surface area contributed by atoms with Crippen LogP contribution in [0.15, 0.2) is 12.3 Å². The molecule has 1 aliphatic rings. The molecule has 0 amide bonds. The number of ether oxygens (including phenoxy) is 2. The van der Waals surface area contributed by atoms with E-state index in [1.54, 1.807) is 6.92 Å². The van der Waals surface area contributed by atoms with Gasteiger partial charge in [0.25, 0.3) is 0 Å². The SMILES string of the molecule is CC(O[C@@H]1CCCCO1)c1nc2cnc(Cl)cc2n1[C@@H](C)C(F)(F)F. The van der Waals surface area contributed by atoms with Gasteiger partial charge in [-0.1, -0.05) is 11.6 Å². The number of halogens is 4. The molecule has 0 aromatic carbocycles. The van der Waals surface area contributed by atoms with E-state index in [4.69, 9.17) is 21.1 Å². The van der Waals surface area contributed by atoms with Gasteiger partial charge in [-0.05, 0) is 33.1 Å². The third kappa shape index (κ3) is 3.91. The van der Waals surface area contributed by atoms with Gasteiger partial charge in [0.15, 0.2) is 6.29 Å². The van der Waals surface area contributed by atoms with E-state index in [9.17, 15) is 13.2 Å². The number of imidazole rings is 1. The number of aromatic nitrogens is 3. The Bertz CT molecular complexity index is 744. The lowest BCUT2D eigenvalue weighted by Crippen LogP contribution is -2.28. The summed E-state index contributed by atoms with van der Waals surface area (Å²) < 4.78 is 52.6. The molecule has 25 heavy (non-hydrogen) atoms. The largest absolute Gasteiger partial charge is 0.408 e. The van der Waals surface area contributed by atoms with Crippen LogP contribution < -0.4 is 0 Å². The fourth-order valence-electron chi connectivity index (χ4n) is 2.94. The summed E-state index contributed by atoms with van der Waals surface area (Å²) in [6.45, 7) is 3.35. The number of fused-ring (bicyclic) bond motifs is 1. The second-order valence-corrected chi connectivity index (χ2v) is 6.52. The smallest absolute Gasteiger partial charge is 0.353 e. The van der Waals surface area contributed by atoms with Gasteiger partial charge in [-0.25, -0.2) is 9.97 Å². The zero-order valence-corrected chi connectivity index (χ0v) is 14.6. The quantitative estimate of drug-likeness (QED) is 0.717. The Morgan fingerprint density at radius 2 is 2.12 bits per heavy atom. The van der Waals surface area contributed by atoms with E-state index in [1.165, 1.54) is 12.3 Å². The third-order valence-electron chi connectivity index (χ3n) is 4.29. The van der Waals surface area contributed by atoms with Crippen molar-refractivity contribution in [1.82, 2.24) is 14.5 Å². The number of alkyl halides is 3. The zero-order chi connectivity index (χ0) is 18.2. The first-order chi connectivity index (χ1) is 11.8. The minimum Gasteiger partial charge on any atom is -0.353 e. The van der Waals surface area contributed by atoms with Gasteiger partial charge in [0.1, 0.15) is 28.6 Å². The summed E-state index contributed by atoms with van der Waals surface area (Å²) in [5.41, 5.74) is 0.621. The number of rotatable bonds is 4. The van der Waals surface area contributed by atoms with Crippen molar-refractivity contribution in [2.75, 3.05) is 6.61 Å². The van der Waals surface area contributed by atoms with E-state index in [0.29, 0.717) is 18.5 Å². The van der Waals surface area contributed by atoms with Gasteiger partial charge in [0, 0.05) is 12.7 Å². The molecule has 0 radical (unpaired) electrons. The molecule has 0 N–H and O–H groups in total.